The van der Waals surface area contributed by atoms with E-state index < -0.39 is 7.82 Å². The minimum absolute atomic E-state index is 0. The van der Waals surface area contributed by atoms with Gasteiger partial charge in [-0.1, -0.05) is 0 Å². The maximum absolute atomic E-state index is 8.55. The summed E-state index contributed by atoms with van der Waals surface area (Å²) in [5.74, 6) is 0. The summed E-state index contributed by atoms with van der Waals surface area (Å²) in [7, 11) is -5.39. The van der Waals surface area contributed by atoms with Gasteiger partial charge >= 0.3 is 59.1 Å². The fourth-order valence-electron chi connectivity index (χ4n) is 0. The zero-order valence-electron chi connectivity index (χ0n) is 4.58. The van der Waals surface area contributed by atoms with Crippen molar-refractivity contribution in [1.29, 1.82) is 0 Å². The SMILES string of the molecule is O.O=P([O-])([O-])[O-].[Na+].[Na+]. The Morgan fingerprint density at radius 3 is 1.00 bits per heavy atom. The van der Waals surface area contributed by atoms with E-state index in [0.29, 0.717) is 0 Å². The van der Waals surface area contributed by atoms with Crippen molar-refractivity contribution < 1.29 is 83.8 Å². The van der Waals surface area contributed by atoms with Crippen LogP contribution in [0.1, 0.15) is 0 Å². The molecule has 0 spiro atoms. The van der Waals surface area contributed by atoms with Crippen LogP contribution < -0.4 is 73.8 Å². The van der Waals surface area contributed by atoms with Gasteiger partial charge in [0.2, 0.25) is 0 Å². The third kappa shape index (κ3) is 94.1. The average molecular weight is 159 g/mol. The van der Waals surface area contributed by atoms with Crippen LogP contribution in [0.25, 0.3) is 0 Å². The second-order valence-electron chi connectivity index (χ2n) is 0.447. The van der Waals surface area contributed by atoms with Crippen molar-refractivity contribution in [3.8, 4) is 0 Å². The Hall–Kier alpha value is 2.07. The molecule has 0 saturated carbocycles. The van der Waals surface area contributed by atoms with E-state index in [1.165, 1.54) is 0 Å². The Balaban J connectivity index is -0.0000000267. The molecule has 0 aliphatic carbocycles. The summed E-state index contributed by atoms with van der Waals surface area (Å²) in [5, 5.41) is 0. The predicted octanol–water partition coefficient (Wildman–Crippen LogP) is -9.64. The molecule has 0 aromatic carbocycles. The van der Waals surface area contributed by atoms with Crippen LogP contribution in [0.15, 0.2) is 0 Å². The molecular formula is H2Na2O5P-. The minimum atomic E-state index is -5.39. The maximum Gasteiger partial charge on any atom is 1.00 e. The summed E-state index contributed by atoms with van der Waals surface area (Å²) >= 11 is 0. The van der Waals surface area contributed by atoms with Gasteiger partial charge in [-0.3, -0.25) is 0 Å². The first-order valence-corrected chi connectivity index (χ1v) is 2.19. The monoisotopic (exact) mass is 159 g/mol. The first-order valence-electron chi connectivity index (χ1n) is 0.730. The number of phosphoric acid groups is 1. The molecule has 0 atom stereocenters. The summed E-state index contributed by atoms with van der Waals surface area (Å²) in [4.78, 5) is 25.6. The molecule has 0 amide bonds. The molecule has 0 aliphatic rings. The first-order chi connectivity index (χ1) is 2.00. The smallest absolute Gasteiger partial charge is 0.822 e. The van der Waals surface area contributed by atoms with Crippen LogP contribution in [-0.4, -0.2) is 5.48 Å². The molecule has 5 nitrogen and oxygen atoms in total. The van der Waals surface area contributed by atoms with E-state index in [-0.39, 0.29) is 64.6 Å². The van der Waals surface area contributed by atoms with Gasteiger partial charge < -0.3 is 24.7 Å². The van der Waals surface area contributed by atoms with E-state index in [9.17, 15) is 0 Å². The fourth-order valence-corrected chi connectivity index (χ4v) is 0. The molecule has 0 radical (unpaired) electrons. The Labute approximate surface area is 90.6 Å². The summed E-state index contributed by atoms with van der Waals surface area (Å²) in [6, 6.07) is 0. The number of rotatable bonds is 0. The summed E-state index contributed by atoms with van der Waals surface area (Å²) in [5.41, 5.74) is 0. The number of hydrogen-bond acceptors (Lipinski definition) is 4. The van der Waals surface area contributed by atoms with E-state index in [4.69, 9.17) is 19.2 Å². The van der Waals surface area contributed by atoms with Crippen molar-refractivity contribution in [3.05, 3.63) is 0 Å². The van der Waals surface area contributed by atoms with Crippen LogP contribution >= 0.6 is 7.82 Å². The van der Waals surface area contributed by atoms with E-state index >= 15 is 0 Å². The summed E-state index contributed by atoms with van der Waals surface area (Å²) in [6.45, 7) is 0. The first kappa shape index (κ1) is 22.5. The van der Waals surface area contributed by atoms with Crippen molar-refractivity contribution in [1.82, 2.24) is 0 Å². The molecule has 0 heterocycles. The quantitative estimate of drug-likeness (QED) is 0.257. The van der Waals surface area contributed by atoms with Gasteiger partial charge in [-0.2, -0.15) is 7.82 Å². The fraction of sp³-hybridized carbons (Fsp3) is 0. The minimum Gasteiger partial charge on any atom is -0.822 e. The molecule has 0 bridgehead atoms. The molecule has 8 heavy (non-hydrogen) atoms. The van der Waals surface area contributed by atoms with E-state index in [1.54, 1.807) is 0 Å². The Morgan fingerprint density at radius 2 is 1.00 bits per heavy atom. The van der Waals surface area contributed by atoms with Crippen LogP contribution in [0.5, 0.6) is 0 Å². The summed E-state index contributed by atoms with van der Waals surface area (Å²) in [6.07, 6.45) is 0. The van der Waals surface area contributed by atoms with E-state index in [0.717, 1.165) is 0 Å². The molecule has 0 saturated heterocycles. The van der Waals surface area contributed by atoms with Crippen molar-refractivity contribution in [2.45, 2.75) is 0 Å². The van der Waals surface area contributed by atoms with Crippen molar-refractivity contribution in [3.63, 3.8) is 0 Å². The standard InChI is InChI=1S/2Na.H3O4P.H2O/c;;1-5(2,3)4;/h;;(H3,1,2,3,4);1H2/q2*+1;;/p-3. The zero-order valence-corrected chi connectivity index (χ0v) is 9.47. The Morgan fingerprint density at radius 1 is 1.00 bits per heavy atom. The molecular weight excluding hydrogens is 157 g/mol. The van der Waals surface area contributed by atoms with Crippen LogP contribution in [0.4, 0.5) is 0 Å². The molecule has 8 heteroatoms. The van der Waals surface area contributed by atoms with Gasteiger partial charge in [-0.25, -0.2) is 0 Å². The predicted molar refractivity (Wildman–Crippen MR) is 11.2 cm³/mol. The molecule has 0 aliphatic heterocycles. The normalized spacial score (nSPS) is 7.38. The van der Waals surface area contributed by atoms with Gasteiger partial charge in [-0.05, 0) is 0 Å². The summed E-state index contributed by atoms with van der Waals surface area (Å²) < 4.78 is 8.55. The van der Waals surface area contributed by atoms with E-state index in [2.05, 4.69) is 0 Å². The second-order valence-corrected chi connectivity index (χ2v) is 1.34. The zero-order chi connectivity index (χ0) is 4.50. The van der Waals surface area contributed by atoms with Gasteiger partial charge in [0.05, 0.1) is 0 Å². The van der Waals surface area contributed by atoms with Crippen LogP contribution in [0.2, 0.25) is 0 Å². The molecule has 0 unspecified atom stereocenters. The molecule has 0 aromatic heterocycles. The third-order valence-electron chi connectivity index (χ3n) is 0. The largest absolute Gasteiger partial charge is 1.00 e. The van der Waals surface area contributed by atoms with Crippen molar-refractivity contribution in [2.24, 2.45) is 0 Å². The van der Waals surface area contributed by atoms with E-state index in [1.807, 2.05) is 0 Å². The third-order valence-corrected chi connectivity index (χ3v) is 0. The van der Waals surface area contributed by atoms with Crippen molar-refractivity contribution in [2.75, 3.05) is 0 Å². The Kier molecular flexibility index (Phi) is 25.5. The van der Waals surface area contributed by atoms with Gasteiger partial charge in [-0.15, -0.1) is 0 Å². The second kappa shape index (κ2) is 9.07. The van der Waals surface area contributed by atoms with Crippen LogP contribution in [0.3, 0.4) is 0 Å². The van der Waals surface area contributed by atoms with Crippen LogP contribution in [0, 0.1) is 0 Å². The maximum atomic E-state index is 8.55. The Bertz CT molecular complexity index is 56.6. The topological polar surface area (TPSA) is 118 Å². The molecule has 40 valence electrons. The van der Waals surface area contributed by atoms with Gasteiger partial charge in [0.25, 0.3) is 0 Å². The molecule has 0 fully saturated rings. The van der Waals surface area contributed by atoms with Crippen LogP contribution in [-0.2, 0) is 4.57 Å². The van der Waals surface area contributed by atoms with Gasteiger partial charge in [0.1, 0.15) is 0 Å². The average Bonchev–Trinajstić information content (AvgIpc) is 0.722. The molecule has 0 rings (SSSR count). The van der Waals surface area contributed by atoms with Crippen molar-refractivity contribution >= 4 is 7.82 Å². The number of hydrogen-bond donors (Lipinski definition) is 0. The molecule has 2 N–H and O–H groups in total. The molecule has 0 aromatic rings. The van der Waals surface area contributed by atoms with Gasteiger partial charge in [0.15, 0.2) is 0 Å². The van der Waals surface area contributed by atoms with Gasteiger partial charge in [0, 0.05) is 0 Å².